The average molecular weight is 296 g/mol. The number of urea groups is 1. The zero-order valence-corrected chi connectivity index (χ0v) is 12.4. The number of amides is 2. The third-order valence-corrected chi connectivity index (χ3v) is 4.65. The van der Waals surface area contributed by atoms with Crippen LogP contribution in [0.25, 0.3) is 0 Å². The monoisotopic (exact) mass is 296 g/mol. The van der Waals surface area contributed by atoms with Gasteiger partial charge in [-0.15, -0.1) is 11.3 Å². The molecule has 0 radical (unpaired) electrons. The normalized spacial score (nSPS) is 16.9. The smallest absolute Gasteiger partial charge is 0.331 e. The van der Waals surface area contributed by atoms with E-state index in [1.54, 1.807) is 17.0 Å². The Kier molecular flexibility index (Phi) is 5.00. The van der Waals surface area contributed by atoms with Crippen LogP contribution in [0.2, 0.25) is 0 Å². The zero-order chi connectivity index (χ0) is 14.5. The number of carboxylic acid groups (broad SMARTS) is 1. The molecule has 5 nitrogen and oxygen atoms in total. The first-order valence-electron chi connectivity index (χ1n) is 6.96. The number of thiophene rings is 1. The molecule has 0 saturated heterocycles. The lowest BCUT2D eigenvalue weighted by atomic mass is 10.2. The molecule has 6 heteroatoms. The second-order valence-corrected chi connectivity index (χ2v) is 5.94. The SMILES string of the molecule is CCN(C(=O)NC(C(=O)O)c1cccs1)C1CCCC1. The van der Waals surface area contributed by atoms with Crippen LogP contribution in [-0.4, -0.2) is 34.6 Å². The van der Waals surface area contributed by atoms with Crippen molar-refractivity contribution in [1.82, 2.24) is 10.2 Å². The van der Waals surface area contributed by atoms with E-state index in [-0.39, 0.29) is 12.1 Å². The van der Waals surface area contributed by atoms with Crippen molar-refractivity contribution < 1.29 is 14.7 Å². The van der Waals surface area contributed by atoms with Gasteiger partial charge in [0.1, 0.15) is 0 Å². The van der Waals surface area contributed by atoms with E-state index in [1.807, 2.05) is 12.3 Å². The van der Waals surface area contributed by atoms with Crippen molar-refractivity contribution in [2.75, 3.05) is 6.54 Å². The van der Waals surface area contributed by atoms with E-state index in [1.165, 1.54) is 11.3 Å². The van der Waals surface area contributed by atoms with E-state index in [0.717, 1.165) is 25.7 Å². The van der Waals surface area contributed by atoms with Gasteiger partial charge in [-0.25, -0.2) is 9.59 Å². The highest BCUT2D eigenvalue weighted by Gasteiger charge is 2.29. The van der Waals surface area contributed by atoms with E-state index >= 15 is 0 Å². The van der Waals surface area contributed by atoms with Gasteiger partial charge in [-0.2, -0.15) is 0 Å². The second kappa shape index (κ2) is 6.74. The Morgan fingerprint density at radius 1 is 1.50 bits per heavy atom. The molecule has 1 aromatic heterocycles. The maximum absolute atomic E-state index is 12.3. The van der Waals surface area contributed by atoms with Crippen LogP contribution in [0.3, 0.4) is 0 Å². The molecule has 0 aromatic carbocycles. The van der Waals surface area contributed by atoms with Crippen molar-refractivity contribution in [2.45, 2.75) is 44.7 Å². The molecule has 2 amide bonds. The molecule has 1 heterocycles. The van der Waals surface area contributed by atoms with E-state index in [2.05, 4.69) is 5.32 Å². The molecule has 20 heavy (non-hydrogen) atoms. The van der Waals surface area contributed by atoms with Crippen LogP contribution in [0.1, 0.15) is 43.5 Å². The van der Waals surface area contributed by atoms with Gasteiger partial charge >= 0.3 is 12.0 Å². The first-order chi connectivity index (χ1) is 9.63. The van der Waals surface area contributed by atoms with Crippen LogP contribution in [0, 0.1) is 0 Å². The lowest BCUT2D eigenvalue weighted by Crippen LogP contribution is -2.47. The van der Waals surface area contributed by atoms with Gasteiger partial charge in [-0.05, 0) is 31.2 Å². The van der Waals surface area contributed by atoms with Crippen LogP contribution in [0.4, 0.5) is 4.79 Å². The van der Waals surface area contributed by atoms with Gasteiger partial charge < -0.3 is 15.3 Å². The quantitative estimate of drug-likeness (QED) is 0.877. The van der Waals surface area contributed by atoms with Crippen molar-refractivity contribution in [3.63, 3.8) is 0 Å². The van der Waals surface area contributed by atoms with Crippen molar-refractivity contribution >= 4 is 23.3 Å². The van der Waals surface area contributed by atoms with E-state index < -0.39 is 12.0 Å². The number of carbonyl (C=O) groups excluding carboxylic acids is 1. The topological polar surface area (TPSA) is 69.6 Å². The summed E-state index contributed by atoms with van der Waals surface area (Å²) in [6, 6.07) is 2.53. The van der Waals surface area contributed by atoms with Gasteiger partial charge in [0.05, 0.1) is 0 Å². The molecule has 0 aliphatic heterocycles. The Hall–Kier alpha value is -1.56. The molecule has 0 bridgehead atoms. The summed E-state index contributed by atoms with van der Waals surface area (Å²) in [6.45, 7) is 2.53. The lowest BCUT2D eigenvalue weighted by molar-refractivity contribution is -0.139. The minimum atomic E-state index is -1.02. The minimum absolute atomic E-state index is 0.248. The first kappa shape index (κ1) is 14.8. The van der Waals surface area contributed by atoms with E-state index in [0.29, 0.717) is 11.4 Å². The number of nitrogens with one attached hydrogen (secondary N) is 1. The summed E-state index contributed by atoms with van der Waals surface area (Å²) >= 11 is 1.34. The molecule has 1 aliphatic carbocycles. The number of hydrogen-bond donors (Lipinski definition) is 2. The van der Waals surface area contributed by atoms with E-state index in [4.69, 9.17) is 0 Å². The van der Waals surface area contributed by atoms with Crippen LogP contribution in [-0.2, 0) is 4.79 Å². The first-order valence-corrected chi connectivity index (χ1v) is 7.84. The molecule has 1 atom stereocenters. The van der Waals surface area contributed by atoms with Gasteiger partial charge in [-0.3, -0.25) is 0 Å². The maximum Gasteiger partial charge on any atom is 0.331 e. The number of carboxylic acids is 1. The summed E-state index contributed by atoms with van der Waals surface area (Å²) in [4.78, 5) is 26.1. The Morgan fingerprint density at radius 3 is 2.70 bits per heavy atom. The van der Waals surface area contributed by atoms with Crippen molar-refractivity contribution in [3.05, 3.63) is 22.4 Å². The molecule has 2 rings (SSSR count). The molecular formula is C14H20N2O3S. The van der Waals surface area contributed by atoms with Crippen LogP contribution in [0.15, 0.2) is 17.5 Å². The standard InChI is InChI=1S/C14H20N2O3S/c1-2-16(10-6-3-4-7-10)14(19)15-12(13(17)18)11-8-5-9-20-11/h5,8-10,12H,2-4,6-7H2,1H3,(H,15,19)(H,17,18). The predicted molar refractivity (Wildman–Crippen MR) is 77.9 cm³/mol. The van der Waals surface area contributed by atoms with Gasteiger partial charge in [0, 0.05) is 17.5 Å². The third-order valence-electron chi connectivity index (χ3n) is 3.71. The van der Waals surface area contributed by atoms with E-state index in [9.17, 15) is 14.7 Å². The number of nitrogens with zero attached hydrogens (tertiary/aromatic N) is 1. The maximum atomic E-state index is 12.3. The van der Waals surface area contributed by atoms with Gasteiger partial charge in [-0.1, -0.05) is 18.9 Å². The number of aliphatic carboxylic acids is 1. The fourth-order valence-electron chi connectivity index (χ4n) is 2.70. The molecule has 2 N–H and O–H groups in total. The minimum Gasteiger partial charge on any atom is -0.479 e. The van der Waals surface area contributed by atoms with Gasteiger partial charge in [0.2, 0.25) is 0 Å². The van der Waals surface area contributed by atoms with Gasteiger partial charge in [0.25, 0.3) is 0 Å². The fraction of sp³-hybridized carbons (Fsp3) is 0.571. The number of hydrogen-bond acceptors (Lipinski definition) is 3. The summed E-state index contributed by atoms with van der Waals surface area (Å²) in [6.07, 6.45) is 4.31. The molecule has 1 saturated carbocycles. The molecule has 1 aliphatic rings. The number of rotatable bonds is 5. The Balaban J connectivity index is 2.05. The largest absolute Gasteiger partial charge is 0.479 e. The predicted octanol–water partition coefficient (Wildman–Crippen LogP) is 2.85. The van der Waals surface area contributed by atoms with Crippen molar-refractivity contribution in [1.29, 1.82) is 0 Å². The lowest BCUT2D eigenvalue weighted by Gasteiger charge is -2.29. The average Bonchev–Trinajstić information content (AvgIpc) is 3.09. The Labute approximate surface area is 122 Å². The highest BCUT2D eigenvalue weighted by molar-refractivity contribution is 7.10. The van der Waals surface area contributed by atoms with Crippen molar-refractivity contribution in [2.24, 2.45) is 0 Å². The van der Waals surface area contributed by atoms with Crippen molar-refractivity contribution in [3.8, 4) is 0 Å². The molecule has 1 aromatic rings. The van der Waals surface area contributed by atoms with Gasteiger partial charge in [0.15, 0.2) is 6.04 Å². The molecule has 110 valence electrons. The summed E-state index contributed by atoms with van der Waals surface area (Å²) in [5.41, 5.74) is 0. The summed E-state index contributed by atoms with van der Waals surface area (Å²) in [5, 5.41) is 13.7. The second-order valence-electron chi connectivity index (χ2n) is 4.96. The van der Waals surface area contributed by atoms with Crippen LogP contribution >= 0.6 is 11.3 Å². The summed E-state index contributed by atoms with van der Waals surface area (Å²) in [7, 11) is 0. The summed E-state index contributed by atoms with van der Waals surface area (Å²) in [5.74, 6) is -1.02. The Morgan fingerprint density at radius 2 is 2.20 bits per heavy atom. The molecule has 1 unspecified atom stereocenters. The summed E-state index contributed by atoms with van der Waals surface area (Å²) < 4.78 is 0. The molecular weight excluding hydrogens is 276 g/mol. The zero-order valence-electron chi connectivity index (χ0n) is 11.5. The highest BCUT2D eigenvalue weighted by atomic mass is 32.1. The Bertz CT molecular complexity index is 455. The highest BCUT2D eigenvalue weighted by Crippen LogP contribution is 2.24. The third kappa shape index (κ3) is 3.30. The fourth-order valence-corrected chi connectivity index (χ4v) is 3.47. The van der Waals surface area contributed by atoms with Crippen LogP contribution < -0.4 is 5.32 Å². The number of carbonyl (C=O) groups is 2. The van der Waals surface area contributed by atoms with Crippen LogP contribution in [0.5, 0.6) is 0 Å². The molecule has 0 spiro atoms. The molecule has 1 fully saturated rings.